The minimum absolute atomic E-state index is 0.674. The maximum Gasteiger partial charge on any atom is 0.191 e. The van der Waals surface area contributed by atoms with Crippen molar-refractivity contribution < 1.29 is 9.47 Å². The van der Waals surface area contributed by atoms with Crippen LogP contribution in [-0.2, 0) is 6.54 Å². The summed E-state index contributed by atoms with van der Waals surface area (Å²) in [6.45, 7) is 4.24. The van der Waals surface area contributed by atoms with Crippen LogP contribution in [0.15, 0.2) is 53.5 Å². The Hall–Kier alpha value is -2.69. The van der Waals surface area contributed by atoms with Crippen molar-refractivity contribution in [1.29, 1.82) is 0 Å². The molecule has 2 aromatic rings. The number of para-hydroxylation sites is 1. The number of nitrogens with zero attached hydrogens (tertiary/aromatic N) is 1. The van der Waals surface area contributed by atoms with Gasteiger partial charge in [-0.1, -0.05) is 30.3 Å². The van der Waals surface area contributed by atoms with Crippen LogP contribution in [-0.4, -0.2) is 33.3 Å². The van der Waals surface area contributed by atoms with Crippen molar-refractivity contribution in [3.8, 4) is 11.5 Å². The van der Waals surface area contributed by atoms with Crippen LogP contribution in [0.4, 0.5) is 0 Å². The molecule has 2 aromatic carbocycles. The van der Waals surface area contributed by atoms with Gasteiger partial charge in [-0.25, -0.2) is 0 Å². The fourth-order valence-corrected chi connectivity index (χ4v) is 2.33. The van der Waals surface area contributed by atoms with Crippen LogP contribution in [0.1, 0.15) is 17.5 Å². The van der Waals surface area contributed by atoms with E-state index in [0.29, 0.717) is 13.2 Å². The topological polar surface area (TPSA) is 54.9 Å². The van der Waals surface area contributed by atoms with Gasteiger partial charge in [-0.15, -0.1) is 0 Å². The first kappa shape index (κ1) is 18.6. The highest BCUT2D eigenvalue weighted by atomic mass is 16.5. The molecule has 0 aromatic heterocycles. The van der Waals surface area contributed by atoms with E-state index in [1.165, 1.54) is 5.56 Å². The average Bonchev–Trinajstić information content (AvgIpc) is 2.65. The summed E-state index contributed by atoms with van der Waals surface area (Å²) in [6, 6.07) is 16.0. The van der Waals surface area contributed by atoms with Crippen molar-refractivity contribution in [2.45, 2.75) is 19.9 Å². The summed E-state index contributed by atoms with van der Waals surface area (Å²) in [7, 11) is 3.44. The first-order valence-electron chi connectivity index (χ1n) is 8.49. The fraction of sp³-hybridized carbons (Fsp3) is 0.350. The smallest absolute Gasteiger partial charge is 0.191 e. The zero-order valence-electron chi connectivity index (χ0n) is 15.2. The lowest BCUT2D eigenvalue weighted by Gasteiger charge is -2.13. The molecule has 0 bridgehead atoms. The SMILES string of the molecule is CN=C(NCCCOc1ccccc1C)NCc1ccc(OC)cc1. The van der Waals surface area contributed by atoms with Gasteiger partial charge >= 0.3 is 0 Å². The van der Waals surface area contributed by atoms with E-state index < -0.39 is 0 Å². The third-order valence-corrected chi connectivity index (χ3v) is 3.81. The maximum absolute atomic E-state index is 5.79. The van der Waals surface area contributed by atoms with Gasteiger partial charge < -0.3 is 20.1 Å². The molecule has 0 saturated heterocycles. The summed E-state index contributed by atoms with van der Waals surface area (Å²) in [5, 5.41) is 6.60. The molecule has 2 N–H and O–H groups in total. The first-order chi connectivity index (χ1) is 12.2. The van der Waals surface area contributed by atoms with E-state index in [1.807, 2.05) is 42.5 Å². The van der Waals surface area contributed by atoms with Crippen molar-refractivity contribution >= 4 is 5.96 Å². The number of ether oxygens (including phenoxy) is 2. The molecule has 134 valence electrons. The van der Waals surface area contributed by atoms with Gasteiger partial charge in [0.05, 0.1) is 13.7 Å². The van der Waals surface area contributed by atoms with E-state index in [0.717, 1.165) is 36.0 Å². The molecule has 0 unspecified atom stereocenters. The fourth-order valence-electron chi connectivity index (χ4n) is 2.33. The van der Waals surface area contributed by atoms with Gasteiger partial charge in [0, 0.05) is 20.1 Å². The Kier molecular flexibility index (Phi) is 7.63. The molecular formula is C20H27N3O2. The monoisotopic (exact) mass is 341 g/mol. The number of guanidine groups is 1. The molecule has 0 heterocycles. The van der Waals surface area contributed by atoms with Crippen LogP contribution in [0.3, 0.4) is 0 Å². The normalized spacial score (nSPS) is 11.1. The number of nitrogens with one attached hydrogen (secondary N) is 2. The Bertz CT molecular complexity index is 669. The number of aliphatic imine (C=N–C) groups is 1. The van der Waals surface area contributed by atoms with Crippen LogP contribution in [0.25, 0.3) is 0 Å². The van der Waals surface area contributed by atoms with Crippen molar-refractivity contribution in [1.82, 2.24) is 10.6 Å². The Labute approximate surface area is 150 Å². The average molecular weight is 341 g/mol. The number of benzene rings is 2. The second-order valence-corrected chi connectivity index (χ2v) is 5.67. The van der Waals surface area contributed by atoms with Crippen LogP contribution in [0.5, 0.6) is 11.5 Å². The van der Waals surface area contributed by atoms with Crippen molar-refractivity contribution in [3.63, 3.8) is 0 Å². The summed E-state index contributed by atoms with van der Waals surface area (Å²) in [6.07, 6.45) is 0.900. The molecule has 0 saturated carbocycles. The van der Waals surface area contributed by atoms with E-state index in [9.17, 15) is 0 Å². The Balaban J connectivity index is 1.65. The standard InChI is InChI=1S/C20H27N3O2/c1-16-7-4-5-8-19(16)25-14-6-13-22-20(21-2)23-15-17-9-11-18(24-3)12-10-17/h4-5,7-12H,6,13-15H2,1-3H3,(H2,21,22,23). The van der Waals surface area contributed by atoms with Gasteiger partial charge in [0.25, 0.3) is 0 Å². The molecule has 0 atom stereocenters. The number of hydrogen-bond donors (Lipinski definition) is 2. The number of rotatable bonds is 8. The molecule has 0 aliphatic carbocycles. The lowest BCUT2D eigenvalue weighted by molar-refractivity contribution is 0.309. The van der Waals surface area contributed by atoms with Crippen molar-refractivity contribution in [2.75, 3.05) is 27.3 Å². The molecule has 0 spiro atoms. The molecular weight excluding hydrogens is 314 g/mol. The predicted molar refractivity (Wildman–Crippen MR) is 102 cm³/mol. The highest BCUT2D eigenvalue weighted by Gasteiger charge is 2.00. The van der Waals surface area contributed by atoms with Crippen LogP contribution >= 0.6 is 0 Å². The summed E-state index contributed by atoms with van der Waals surface area (Å²) in [5.74, 6) is 2.59. The zero-order chi connectivity index (χ0) is 17.9. The molecule has 5 heteroatoms. The summed E-state index contributed by atoms with van der Waals surface area (Å²) in [5.41, 5.74) is 2.33. The molecule has 2 rings (SSSR count). The van der Waals surface area contributed by atoms with Gasteiger partial charge in [-0.05, 0) is 42.7 Å². The third kappa shape index (κ3) is 6.37. The molecule has 0 aliphatic heterocycles. The highest BCUT2D eigenvalue weighted by molar-refractivity contribution is 5.79. The molecule has 0 amide bonds. The van der Waals surface area contributed by atoms with E-state index in [-0.39, 0.29) is 0 Å². The second kappa shape index (κ2) is 10.2. The Morgan fingerprint density at radius 3 is 2.48 bits per heavy atom. The summed E-state index contributed by atoms with van der Waals surface area (Å²) >= 11 is 0. The largest absolute Gasteiger partial charge is 0.497 e. The maximum atomic E-state index is 5.79. The van der Waals surface area contributed by atoms with Gasteiger partial charge in [0.2, 0.25) is 0 Å². The predicted octanol–water partition coefficient (Wildman–Crippen LogP) is 3.14. The first-order valence-corrected chi connectivity index (χ1v) is 8.49. The second-order valence-electron chi connectivity index (χ2n) is 5.67. The van der Waals surface area contributed by atoms with E-state index in [4.69, 9.17) is 9.47 Å². The number of hydrogen-bond acceptors (Lipinski definition) is 3. The zero-order valence-corrected chi connectivity index (χ0v) is 15.2. The minimum Gasteiger partial charge on any atom is -0.497 e. The molecule has 0 aliphatic rings. The lowest BCUT2D eigenvalue weighted by atomic mass is 10.2. The summed E-state index contributed by atoms with van der Waals surface area (Å²) < 4.78 is 11.0. The van der Waals surface area contributed by atoms with Crippen LogP contribution in [0.2, 0.25) is 0 Å². The number of aryl methyl sites for hydroxylation is 1. The number of methoxy groups -OCH3 is 1. The molecule has 25 heavy (non-hydrogen) atoms. The molecule has 0 fully saturated rings. The van der Waals surface area contributed by atoms with Crippen molar-refractivity contribution in [3.05, 3.63) is 59.7 Å². The van der Waals surface area contributed by atoms with Gasteiger partial charge in [0.1, 0.15) is 11.5 Å². The van der Waals surface area contributed by atoms with Gasteiger partial charge in [-0.3, -0.25) is 4.99 Å². The van der Waals surface area contributed by atoms with Gasteiger partial charge in [0.15, 0.2) is 5.96 Å². The lowest BCUT2D eigenvalue weighted by Crippen LogP contribution is -2.37. The van der Waals surface area contributed by atoms with Gasteiger partial charge in [-0.2, -0.15) is 0 Å². The quantitative estimate of drug-likeness (QED) is 0.440. The van der Waals surface area contributed by atoms with Crippen LogP contribution in [0, 0.1) is 6.92 Å². The van der Waals surface area contributed by atoms with Crippen LogP contribution < -0.4 is 20.1 Å². The van der Waals surface area contributed by atoms with E-state index in [2.05, 4.69) is 28.6 Å². The van der Waals surface area contributed by atoms with E-state index >= 15 is 0 Å². The molecule has 5 nitrogen and oxygen atoms in total. The Morgan fingerprint density at radius 2 is 1.80 bits per heavy atom. The molecule has 0 radical (unpaired) electrons. The summed E-state index contributed by atoms with van der Waals surface area (Å²) in [4.78, 5) is 4.24. The minimum atomic E-state index is 0.674. The highest BCUT2D eigenvalue weighted by Crippen LogP contribution is 2.16. The Morgan fingerprint density at radius 1 is 1.04 bits per heavy atom. The van der Waals surface area contributed by atoms with Crippen molar-refractivity contribution in [2.24, 2.45) is 4.99 Å². The third-order valence-electron chi connectivity index (χ3n) is 3.81. The van der Waals surface area contributed by atoms with E-state index in [1.54, 1.807) is 14.2 Å².